The zero-order chi connectivity index (χ0) is 23.9. The van der Waals surface area contributed by atoms with Crippen molar-refractivity contribution in [3.8, 4) is 0 Å². The Labute approximate surface area is 190 Å². The first-order chi connectivity index (χ1) is 15.8. The zero-order valence-electron chi connectivity index (χ0n) is 19.1. The SMILES string of the molecule is CCOC(=O)c1c(C)oc2c1C(=O)c1oc(C)c(/C(=C/c3cccc[n+]3C)OCC)c1C2=O. The van der Waals surface area contributed by atoms with Crippen molar-refractivity contribution in [2.45, 2.75) is 27.7 Å². The number of rotatable bonds is 6. The van der Waals surface area contributed by atoms with Gasteiger partial charge < -0.3 is 18.3 Å². The van der Waals surface area contributed by atoms with Crippen LogP contribution in [0, 0.1) is 13.8 Å². The average Bonchev–Trinajstić information content (AvgIpc) is 3.31. The van der Waals surface area contributed by atoms with Gasteiger partial charge in [0.15, 0.2) is 17.7 Å². The molecule has 0 saturated carbocycles. The van der Waals surface area contributed by atoms with Crippen molar-refractivity contribution >= 4 is 29.4 Å². The van der Waals surface area contributed by atoms with Crippen molar-refractivity contribution in [1.29, 1.82) is 0 Å². The minimum absolute atomic E-state index is 0.0525. The van der Waals surface area contributed by atoms with Gasteiger partial charge in [0.05, 0.1) is 36.0 Å². The molecule has 4 rings (SSSR count). The molecule has 3 aromatic heterocycles. The third kappa shape index (κ3) is 3.57. The summed E-state index contributed by atoms with van der Waals surface area (Å²) in [5, 5.41) is 0. The second-order valence-electron chi connectivity index (χ2n) is 7.53. The molecule has 0 N–H and O–H groups in total. The second kappa shape index (κ2) is 8.54. The van der Waals surface area contributed by atoms with Crippen LogP contribution >= 0.6 is 0 Å². The fourth-order valence-corrected chi connectivity index (χ4v) is 3.98. The van der Waals surface area contributed by atoms with E-state index < -0.39 is 17.5 Å². The average molecular weight is 450 g/mol. The molecular formula is C25H24NO7+. The molecule has 0 saturated heterocycles. The van der Waals surface area contributed by atoms with Gasteiger partial charge in [-0.05, 0) is 33.8 Å². The molecule has 0 radical (unpaired) electrons. The summed E-state index contributed by atoms with van der Waals surface area (Å²) in [7, 11) is 1.89. The topological polar surface area (TPSA) is 99.8 Å². The van der Waals surface area contributed by atoms with Crippen LogP contribution in [0.3, 0.4) is 0 Å². The van der Waals surface area contributed by atoms with Crippen LogP contribution in [0.5, 0.6) is 0 Å². The Morgan fingerprint density at radius 2 is 1.52 bits per heavy atom. The van der Waals surface area contributed by atoms with Gasteiger partial charge in [0.1, 0.15) is 29.9 Å². The quantitative estimate of drug-likeness (QED) is 0.250. The Balaban J connectivity index is 1.91. The van der Waals surface area contributed by atoms with Gasteiger partial charge in [-0.3, -0.25) is 9.59 Å². The summed E-state index contributed by atoms with van der Waals surface area (Å²) in [6.45, 7) is 7.11. The molecule has 0 fully saturated rings. The first-order valence-corrected chi connectivity index (χ1v) is 10.6. The van der Waals surface area contributed by atoms with Crippen LogP contribution in [-0.4, -0.2) is 30.7 Å². The summed E-state index contributed by atoms with van der Waals surface area (Å²) >= 11 is 0. The number of ether oxygens (including phenoxy) is 2. The van der Waals surface area contributed by atoms with E-state index in [1.807, 2.05) is 42.9 Å². The van der Waals surface area contributed by atoms with Gasteiger partial charge in [-0.2, -0.15) is 0 Å². The van der Waals surface area contributed by atoms with E-state index in [4.69, 9.17) is 18.3 Å². The first kappa shape index (κ1) is 22.3. The Morgan fingerprint density at radius 1 is 0.939 bits per heavy atom. The molecule has 0 amide bonds. The molecule has 0 atom stereocenters. The summed E-state index contributed by atoms with van der Waals surface area (Å²) in [5.41, 5.74) is 1.09. The van der Waals surface area contributed by atoms with Crippen LogP contribution in [0.2, 0.25) is 0 Å². The number of nitrogens with zero attached hydrogens (tertiary/aromatic N) is 1. The number of aromatic nitrogens is 1. The van der Waals surface area contributed by atoms with E-state index in [1.165, 1.54) is 6.92 Å². The number of fused-ring (bicyclic) bond motifs is 2. The molecule has 170 valence electrons. The van der Waals surface area contributed by atoms with Crippen molar-refractivity contribution in [1.82, 2.24) is 0 Å². The van der Waals surface area contributed by atoms with Gasteiger partial charge >= 0.3 is 5.97 Å². The fraction of sp³-hybridized carbons (Fsp3) is 0.280. The highest BCUT2D eigenvalue weighted by Crippen LogP contribution is 2.40. The van der Waals surface area contributed by atoms with E-state index in [0.29, 0.717) is 23.7 Å². The lowest BCUT2D eigenvalue weighted by Crippen LogP contribution is -2.30. The number of carbonyl (C=O) groups is 3. The third-order valence-corrected chi connectivity index (χ3v) is 5.43. The van der Waals surface area contributed by atoms with E-state index in [1.54, 1.807) is 19.9 Å². The van der Waals surface area contributed by atoms with Gasteiger partial charge in [-0.15, -0.1) is 0 Å². The molecule has 0 bridgehead atoms. The zero-order valence-corrected chi connectivity index (χ0v) is 19.1. The fourth-order valence-electron chi connectivity index (χ4n) is 3.98. The standard InChI is InChI=1S/C25H24NO7/c1-6-30-16(12-15-10-8-9-11-26(15)5)17-13(3)32-23-19(17)21(27)24-20(22(23)28)18(14(4)33-24)25(29)31-7-2/h8-12H,6-7H2,1-5H3/q+1/b16-12-. The molecule has 0 spiro atoms. The third-order valence-electron chi connectivity index (χ3n) is 5.43. The Morgan fingerprint density at radius 3 is 2.09 bits per heavy atom. The predicted octanol–water partition coefficient (Wildman–Crippen LogP) is 3.80. The highest BCUT2D eigenvalue weighted by atomic mass is 16.5. The van der Waals surface area contributed by atoms with E-state index in [0.717, 1.165) is 5.69 Å². The van der Waals surface area contributed by atoms with Gasteiger partial charge in [0, 0.05) is 12.1 Å². The first-order valence-electron chi connectivity index (χ1n) is 10.6. The largest absolute Gasteiger partial charge is 0.493 e. The van der Waals surface area contributed by atoms with Gasteiger partial charge in [0.2, 0.25) is 17.3 Å². The minimum Gasteiger partial charge on any atom is -0.493 e. The summed E-state index contributed by atoms with van der Waals surface area (Å²) < 4.78 is 24.2. The van der Waals surface area contributed by atoms with Gasteiger partial charge in [-0.25, -0.2) is 9.36 Å². The van der Waals surface area contributed by atoms with E-state index in [9.17, 15) is 14.4 Å². The van der Waals surface area contributed by atoms with Crippen molar-refractivity contribution in [2.24, 2.45) is 7.05 Å². The maximum Gasteiger partial charge on any atom is 0.342 e. The van der Waals surface area contributed by atoms with Crippen molar-refractivity contribution in [3.05, 3.63) is 75.4 Å². The summed E-state index contributed by atoms with van der Waals surface area (Å²) in [4.78, 5) is 39.3. The molecule has 8 nitrogen and oxygen atoms in total. The Hall–Kier alpha value is -3.94. The number of pyridine rings is 1. The lowest BCUT2D eigenvalue weighted by Gasteiger charge is -2.13. The maximum absolute atomic E-state index is 13.5. The summed E-state index contributed by atoms with van der Waals surface area (Å²) in [6, 6.07) is 5.68. The summed E-state index contributed by atoms with van der Waals surface area (Å²) in [5.74, 6) is -1.34. The molecular weight excluding hydrogens is 426 g/mol. The smallest absolute Gasteiger partial charge is 0.342 e. The van der Waals surface area contributed by atoms with Gasteiger partial charge in [0.25, 0.3) is 0 Å². The number of esters is 1. The molecule has 0 aliphatic heterocycles. The number of hydrogen-bond donors (Lipinski definition) is 0. The lowest BCUT2D eigenvalue weighted by atomic mass is 9.88. The molecule has 1 aliphatic rings. The predicted molar refractivity (Wildman–Crippen MR) is 117 cm³/mol. The van der Waals surface area contributed by atoms with E-state index in [-0.39, 0.29) is 40.6 Å². The Kier molecular flexibility index (Phi) is 5.76. The molecule has 33 heavy (non-hydrogen) atoms. The Bertz CT molecular complexity index is 1320. The molecule has 0 aromatic carbocycles. The molecule has 3 heterocycles. The van der Waals surface area contributed by atoms with Crippen LogP contribution in [-0.2, 0) is 16.5 Å². The van der Waals surface area contributed by atoms with Crippen molar-refractivity contribution in [2.75, 3.05) is 13.2 Å². The lowest BCUT2D eigenvalue weighted by molar-refractivity contribution is -0.673. The van der Waals surface area contributed by atoms with Crippen LogP contribution in [0.25, 0.3) is 11.8 Å². The summed E-state index contributed by atoms with van der Waals surface area (Å²) in [6.07, 6.45) is 3.67. The number of carbonyl (C=O) groups excluding carboxylic acids is 3. The second-order valence-corrected chi connectivity index (χ2v) is 7.53. The van der Waals surface area contributed by atoms with Gasteiger partial charge in [-0.1, -0.05) is 0 Å². The molecule has 1 aliphatic carbocycles. The van der Waals surface area contributed by atoms with Crippen LogP contribution in [0.15, 0.2) is 33.2 Å². The highest BCUT2D eigenvalue weighted by Gasteiger charge is 2.44. The van der Waals surface area contributed by atoms with Crippen molar-refractivity contribution < 1.29 is 37.3 Å². The van der Waals surface area contributed by atoms with Crippen LogP contribution in [0.4, 0.5) is 0 Å². The molecule has 3 aromatic rings. The van der Waals surface area contributed by atoms with Crippen LogP contribution < -0.4 is 4.57 Å². The number of ketones is 2. The number of aryl methyl sites for hydroxylation is 3. The highest BCUT2D eigenvalue weighted by molar-refractivity contribution is 6.30. The minimum atomic E-state index is -0.723. The normalized spacial score (nSPS) is 13.1. The molecule has 0 unspecified atom stereocenters. The monoisotopic (exact) mass is 450 g/mol. The number of hydrogen-bond acceptors (Lipinski definition) is 7. The maximum atomic E-state index is 13.5. The van der Waals surface area contributed by atoms with E-state index in [2.05, 4.69) is 0 Å². The number of furan rings is 2. The molecule has 8 heteroatoms. The van der Waals surface area contributed by atoms with Crippen molar-refractivity contribution in [3.63, 3.8) is 0 Å². The van der Waals surface area contributed by atoms with E-state index >= 15 is 0 Å². The van der Waals surface area contributed by atoms with Crippen LogP contribution in [0.1, 0.15) is 79.2 Å².